The molecule has 7 nitrogen and oxygen atoms in total. The number of amides is 1. The Labute approximate surface area is 184 Å². The van der Waals surface area contributed by atoms with Crippen molar-refractivity contribution in [3.05, 3.63) is 71.7 Å². The fourth-order valence-electron chi connectivity index (χ4n) is 2.94. The zero-order chi connectivity index (χ0) is 22.2. The molecule has 0 aliphatic heterocycles. The van der Waals surface area contributed by atoms with Gasteiger partial charge in [-0.15, -0.1) is 0 Å². The van der Waals surface area contributed by atoms with Gasteiger partial charge >= 0.3 is 6.09 Å². The minimum Gasteiger partial charge on any atom is -0.447 e. The predicted molar refractivity (Wildman–Crippen MR) is 115 cm³/mol. The van der Waals surface area contributed by atoms with Gasteiger partial charge in [0.05, 0.1) is 18.8 Å². The zero-order valence-electron chi connectivity index (χ0n) is 17.5. The van der Waals surface area contributed by atoms with Crippen LogP contribution in [0.1, 0.15) is 36.8 Å². The lowest BCUT2D eigenvalue weighted by atomic mass is 10.1. The van der Waals surface area contributed by atoms with E-state index in [2.05, 4.69) is 23.4 Å². The van der Waals surface area contributed by atoms with Gasteiger partial charge in [-0.2, -0.15) is 0 Å². The number of halogens is 1. The molecule has 164 valence electrons. The van der Waals surface area contributed by atoms with Crippen LogP contribution < -0.4 is 5.73 Å². The number of hydrogen-bond acceptors (Lipinski definition) is 6. The fourth-order valence-corrected chi connectivity index (χ4v) is 4.15. The lowest BCUT2D eigenvalue weighted by Crippen LogP contribution is -2.17. The summed E-state index contributed by atoms with van der Waals surface area (Å²) in [6.45, 7) is 5.18. The van der Waals surface area contributed by atoms with Crippen LogP contribution in [0.5, 0.6) is 0 Å². The molecule has 0 saturated heterocycles. The van der Waals surface area contributed by atoms with Gasteiger partial charge in [0.15, 0.2) is 0 Å². The van der Waals surface area contributed by atoms with Crippen LogP contribution in [0, 0.1) is 5.82 Å². The molecule has 0 atom stereocenters. The van der Waals surface area contributed by atoms with Crippen molar-refractivity contribution in [1.82, 2.24) is 14.5 Å². The van der Waals surface area contributed by atoms with E-state index >= 15 is 0 Å². The number of nitrogens with two attached hydrogens (primary N) is 1. The maximum absolute atomic E-state index is 13.8. The number of primary amides is 1. The summed E-state index contributed by atoms with van der Waals surface area (Å²) in [7, 11) is 0. The van der Waals surface area contributed by atoms with Crippen molar-refractivity contribution in [3.63, 3.8) is 0 Å². The summed E-state index contributed by atoms with van der Waals surface area (Å²) in [6.07, 6.45) is 2.69. The van der Waals surface area contributed by atoms with Gasteiger partial charge in [-0.3, -0.25) is 4.98 Å². The van der Waals surface area contributed by atoms with Crippen LogP contribution in [0.2, 0.25) is 0 Å². The van der Waals surface area contributed by atoms with E-state index in [0.717, 1.165) is 27.0 Å². The first kappa shape index (κ1) is 22.8. The molecule has 0 bridgehead atoms. The lowest BCUT2D eigenvalue weighted by Gasteiger charge is -2.14. The maximum Gasteiger partial charge on any atom is 0.404 e. The molecule has 0 unspecified atom stereocenters. The topological polar surface area (TPSA) is 92.3 Å². The van der Waals surface area contributed by atoms with E-state index in [1.165, 1.54) is 23.9 Å². The smallest absolute Gasteiger partial charge is 0.404 e. The second-order valence-electron chi connectivity index (χ2n) is 7.10. The molecule has 1 amide bonds. The first-order valence-corrected chi connectivity index (χ1v) is 10.7. The minimum absolute atomic E-state index is 0.0700. The van der Waals surface area contributed by atoms with Gasteiger partial charge in [-0.05, 0) is 35.7 Å². The molecule has 0 fully saturated rings. The van der Waals surface area contributed by atoms with Gasteiger partial charge in [0, 0.05) is 17.3 Å². The van der Waals surface area contributed by atoms with Crippen molar-refractivity contribution in [2.45, 2.75) is 42.8 Å². The molecule has 3 rings (SSSR count). The van der Waals surface area contributed by atoms with Crippen LogP contribution in [0.4, 0.5) is 9.18 Å². The van der Waals surface area contributed by atoms with E-state index in [0.29, 0.717) is 6.54 Å². The average Bonchev–Trinajstić information content (AvgIpc) is 3.06. The zero-order valence-corrected chi connectivity index (χ0v) is 18.3. The third-order valence-electron chi connectivity index (χ3n) is 4.35. The van der Waals surface area contributed by atoms with E-state index in [9.17, 15) is 9.18 Å². The average molecular weight is 445 g/mol. The Bertz CT molecular complexity index is 1010. The van der Waals surface area contributed by atoms with Gasteiger partial charge < -0.3 is 19.8 Å². The molecule has 3 aromatic rings. The summed E-state index contributed by atoms with van der Waals surface area (Å²) < 4.78 is 26.2. The van der Waals surface area contributed by atoms with Gasteiger partial charge in [-0.1, -0.05) is 37.7 Å². The summed E-state index contributed by atoms with van der Waals surface area (Å²) in [4.78, 5) is 20.5. The van der Waals surface area contributed by atoms with Crippen molar-refractivity contribution in [3.8, 4) is 0 Å². The van der Waals surface area contributed by atoms with Crippen molar-refractivity contribution in [2.24, 2.45) is 5.73 Å². The molecule has 2 aromatic heterocycles. The van der Waals surface area contributed by atoms with E-state index in [1.807, 2.05) is 18.2 Å². The highest BCUT2D eigenvalue weighted by Crippen LogP contribution is 2.35. The SMILES string of the molecule is CC(C)c1nc(COCCOC(N)=O)n(Cc2cccnc2)c1Sc1cccc(F)c1. The Morgan fingerprint density at radius 1 is 1.26 bits per heavy atom. The van der Waals surface area contributed by atoms with E-state index in [-0.39, 0.29) is 31.6 Å². The number of carbonyl (C=O) groups is 1. The van der Waals surface area contributed by atoms with Crippen LogP contribution in [0.3, 0.4) is 0 Å². The standard InChI is InChI=1S/C22H25FN4O3S/c1-15(2)20-21(31-18-7-3-6-17(23)11-18)27(13-16-5-4-8-25-12-16)19(26-20)14-29-9-10-30-22(24)28/h3-8,11-12,15H,9-10,13-14H2,1-2H3,(H2,24,28). The molecule has 0 aliphatic carbocycles. The van der Waals surface area contributed by atoms with E-state index < -0.39 is 6.09 Å². The molecule has 2 N–H and O–H groups in total. The Balaban J connectivity index is 1.91. The first-order chi connectivity index (χ1) is 14.9. The molecule has 2 heterocycles. The van der Waals surface area contributed by atoms with Crippen molar-refractivity contribution in [2.75, 3.05) is 13.2 Å². The highest BCUT2D eigenvalue weighted by Gasteiger charge is 2.21. The molecule has 0 aliphatic rings. The maximum atomic E-state index is 13.8. The third kappa shape index (κ3) is 6.53. The first-order valence-electron chi connectivity index (χ1n) is 9.85. The number of nitrogens with zero attached hydrogens (tertiary/aromatic N) is 3. The van der Waals surface area contributed by atoms with Crippen LogP contribution in [-0.4, -0.2) is 33.8 Å². The highest BCUT2D eigenvalue weighted by molar-refractivity contribution is 7.99. The predicted octanol–water partition coefficient (Wildman–Crippen LogP) is 4.35. The van der Waals surface area contributed by atoms with Crippen molar-refractivity contribution < 1.29 is 18.7 Å². The molecular formula is C22H25FN4O3S. The number of benzene rings is 1. The number of ether oxygens (including phenoxy) is 2. The normalized spacial score (nSPS) is 11.1. The van der Waals surface area contributed by atoms with Crippen LogP contribution in [0.15, 0.2) is 58.7 Å². The Kier molecular flexibility index (Phi) is 8.02. The van der Waals surface area contributed by atoms with E-state index in [4.69, 9.17) is 20.2 Å². The summed E-state index contributed by atoms with van der Waals surface area (Å²) in [5, 5.41) is 0.927. The summed E-state index contributed by atoms with van der Waals surface area (Å²) in [5.74, 6) is 0.598. The molecule has 0 spiro atoms. The molecule has 0 saturated carbocycles. The number of rotatable bonds is 10. The van der Waals surface area contributed by atoms with Gasteiger partial charge in [-0.25, -0.2) is 14.2 Å². The van der Waals surface area contributed by atoms with Crippen LogP contribution in [0.25, 0.3) is 0 Å². The minimum atomic E-state index is -0.836. The van der Waals surface area contributed by atoms with Gasteiger partial charge in [0.2, 0.25) is 0 Å². The van der Waals surface area contributed by atoms with Crippen molar-refractivity contribution in [1.29, 1.82) is 0 Å². The molecule has 9 heteroatoms. The molecule has 0 radical (unpaired) electrons. The third-order valence-corrected chi connectivity index (χ3v) is 5.46. The molecule has 31 heavy (non-hydrogen) atoms. The Morgan fingerprint density at radius 3 is 2.77 bits per heavy atom. The van der Waals surface area contributed by atoms with Crippen LogP contribution >= 0.6 is 11.8 Å². The number of imidazole rings is 1. The lowest BCUT2D eigenvalue weighted by molar-refractivity contribution is 0.0637. The number of aromatic nitrogens is 3. The van der Waals surface area contributed by atoms with Crippen molar-refractivity contribution >= 4 is 17.9 Å². The van der Waals surface area contributed by atoms with Crippen LogP contribution in [-0.2, 0) is 22.6 Å². The fraction of sp³-hybridized carbons (Fsp3) is 0.318. The van der Waals surface area contributed by atoms with E-state index in [1.54, 1.807) is 18.5 Å². The Morgan fingerprint density at radius 2 is 2.10 bits per heavy atom. The Hall–Kier alpha value is -2.91. The quantitative estimate of drug-likeness (QED) is 0.467. The monoisotopic (exact) mass is 444 g/mol. The van der Waals surface area contributed by atoms with Gasteiger partial charge in [0.1, 0.15) is 29.9 Å². The molecular weight excluding hydrogens is 419 g/mol. The second kappa shape index (κ2) is 10.9. The highest BCUT2D eigenvalue weighted by atomic mass is 32.2. The van der Waals surface area contributed by atoms with Gasteiger partial charge in [0.25, 0.3) is 0 Å². The number of carbonyl (C=O) groups excluding carboxylic acids is 1. The largest absolute Gasteiger partial charge is 0.447 e. The number of hydrogen-bond donors (Lipinski definition) is 1. The summed E-state index contributed by atoms with van der Waals surface area (Å²) in [6, 6.07) is 10.4. The summed E-state index contributed by atoms with van der Waals surface area (Å²) in [5.41, 5.74) is 6.88. The second-order valence-corrected chi connectivity index (χ2v) is 8.16. The summed E-state index contributed by atoms with van der Waals surface area (Å²) >= 11 is 1.47. The number of pyridine rings is 1. The molecule has 1 aromatic carbocycles.